The SMILES string of the molecule is Cc1ncc(-c2nnc3n2[C@@H](C)C(=O)N(Cc2ccccc2Cl)C3)cn1. The van der Waals surface area contributed by atoms with E-state index in [9.17, 15) is 4.79 Å². The van der Waals surface area contributed by atoms with Crippen molar-refractivity contribution in [2.75, 3.05) is 0 Å². The van der Waals surface area contributed by atoms with E-state index < -0.39 is 6.04 Å². The summed E-state index contributed by atoms with van der Waals surface area (Å²) < 4.78 is 1.86. The fraction of sp³-hybridized carbons (Fsp3) is 0.278. The predicted octanol–water partition coefficient (Wildman–Crippen LogP) is 2.80. The predicted molar refractivity (Wildman–Crippen MR) is 96.2 cm³/mol. The molecular weight excluding hydrogens is 352 g/mol. The summed E-state index contributed by atoms with van der Waals surface area (Å²) in [5.74, 6) is 2.03. The van der Waals surface area contributed by atoms with E-state index in [0.29, 0.717) is 29.8 Å². The largest absolute Gasteiger partial charge is 0.329 e. The van der Waals surface area contributed by atoms with Crippen LogP contribution in [-0.4, -0.2) is 35.5 Å². The lowest BCUT2D eigenvalue weighted by atomic mass is 10.1. The van der Waals surface area contributed by atoms with Gasteiger partial charge in [0, 0.05) is 24.0 Å². The van der Waals surface area contributed by atoms with Gasteiger partial charge in [-0.15, -0.1) is 10.2 Å². The van der Waals surface area contributed by atoms with Crippen molar-refractivity contribution in [2.24, 2.45) is 0 Å². The van der Waals surface area contributed by atoms with Crippen LogP contribution in [0.3, 0.4) is 0 Å². The van der Waals surface area contributed by atoms with Crippen LogP contribution >= 0.6 is 11.6 Å². The average Bonchev–Trinajstić information content (AvgIpc) is 3.06. The summed E-state index contributed by atoms with van der Waals surface area (Å²) in [7, 11) is 0. The Labute approximate surface area is 155 Å². The Morgan fingerprint density at radius 3 is 2.65 bits per heavy atom. The lowest BCUT2D eigenvalue weighted by Gasteiger charge is -2.32. The molecule has 0 N–H and O–H groups in total. The van der Waals surface area contributed by atoms with E-state index in [1.54, 1.807) is 17.3 Å². The molecule has 0 saturated carbocycles. The number of aromatic nitrogens is 5. The van der Waals surface area contributed by atoms with E-state index >= 15 is 0 Å². The number of carbonyl (C=O) groups excluding carboxylic acids is 1. The zero-order chi connectivity index (χ0) is 18.3. The number of benzene rings is 1. The summed E-state index contributed by atoms with van der Waals surface area (Å²) in [4.78, 5) is 23.1. The summed E-state index contributed by atoms with van der Waals surface area (Å²) >= 11 is 6.24. The number of carbonyl (C=O) groups is 1. The maximum absolute atomic E-state index is 12.9. The fourth-order valence-corrected chi connectivity index (χ4v) is 3.33. The Bertz CT molecular complexity index is 968. The lowest BCUT2D eigenvalue weighted by molar-refractivity contribution is -0.137. The Morgan fingerprint density at radius 1 is 1.19 bits per heavy atom. The molecule has 1 atom stereocenters. The molecule has 7 nitrogen and oxygen atoms in total. The molecule has 0 fully saturated rings. The molecule has 1 aromatic carbocycles. The quantitative estimate of drug-likeness (QED) is 0.710. The Balaban J connectivity index is 1.66. The third-order valence-electron chi connectivity index (χ3n) is 4.51. The van der Waals surface area contributed by atoms with Crippen LogP contribution in [0.5, 0.6) is 0 Å². The number of hydrogen-bond donors (Lipinski definition) is 0. The molecule has 132 valence electrons. The second-order valence-electron chi connectivity index (χ2n) is 6.29. The topological polar surface area (TPSA) is 76.8 Å². The van der Waals surface area contributed by atoms with Crippen molar-refractivity contribution in [2.45, 2.75) is 33.0 Å². The molecule has 4 rings (SSSR count). The van der Waals surface area contributed by atoms with Gasteiger partial charge < -0.3 is 4.90 Å². The minimum Gasteiger partial charge on any atom is -0.329 e. The highest BCUT2D eigenvalue weighted by Gasteiger charge is 2.33. The molecule has 1 aliphatic heterocycles. The van der Waals surface area contributed by atoms with Gasteiger partial charge in [0.2, 0.25) is 5.91 Å². The van der Waals surface area contributed by atoms with Crippen molar-refractivity contribution in [1.29, 1.82) is 0 Å². The first kappa shape index (κ1) is 16.7. The van der Waals surface area contributed by atoms with Gasteiger partial charge in [0.25, 0.3) is 0 Å². The van der Waals surface area contributed by atoms with Crippen LogP contribution in [0.15, 0.2) is 36.7 Å². The summed E-state index contributed by atoms with van der Waals surface area (Å²) in [6.07, 6.45) is 3.40. The van der Waals surface area contributed by atoms with E-state index in [2.05, 4.69) is 20.2 Å². The molecule has 0 saturated heterocycles. The highest BCUT2D eigenvalue weighted by molar-refractivity contribution is 6.31. The van der Waals surface area contributed by atoms with Gasteiger partial charge in [-0.25, -0.2) is 9.97 Å². The first-order chi connectivity index (χ1) is 12.5. The normalized spacial score (nSPS) is 16.7. The summed E-state index contributed by atoms with van der Waals surface area (Å²) in [5, 5.41) is 9.21. The van der Waals surface area contributed by atoms with Crippen LogP contribution in [0.1, 0.15) is 30.2 Å². The Hall–Kier alpha value is -2.80. The number of hydrogen-bond acceptors (Lipinski definition) is 5. The number of fused-ring (bicyclic) bond motifs is 1. The maximum Gasteiger partial charge on any atom is 0.246 e. The van der Waals surface area contributed by atoms with Crippen LogP contribution in [0.4, 0.5) is 0 Å². The zero-order valence-corrected chi connectivity index (χ0v) is 15.2. The van der Waals surface area contributed by atoms with Gasteiger partial charge in [0.05, 0.1) is 12.1 Å². The average molecular weight is 369 g/mol. The molecule has 0 radical (unpaired) electrons. The van der Waals surface area contributed by atoms with Gasteiger partial charge in [-0.05, 0) is 25.5 Å². The Morgan fingerprint density at radius 2 is 1.92 bits per heavy atom. The van der Waals surface area contributed by atoms with Crippen LogP contribution < -0.4 is 0 Å². The van der Waals surface area contributed by atoms with Crippen LogP contribution in [0, 0.1) is 6.92 Å². The van der Waals surface area contributed by atoms with Gasteiger partial charge in [-0.1, -0.05) is 29.8 Å². The van der Waals surface area contributed by atoms with E-state index in [4.69, 9.17) is 11.6 Å². The number of amides is 1. The smallest absolute Gasteiger partial charge is 0.246 e. The first-order valence-corrected chi connectivity index (χ1v) is 8.67. The van der Waals surface area contributed by atoms with Crippen LogP contribution in [0.2, 0.25) is 5.02 Å². The summed E-state index contributed by atoms with van der Waals surface area (Å²) in [6.45, 7) is 4.50. The minimum atomic E-state index is -0.410. The van der Waals surface area contributed by atoms with Gasteiger partial charge in [-0.3, -0.25) is 9.36 Å². The molecule has 0 bridgehead atoms. The van der Waals surface area contributed by atoms with Gasteiger partial charge in [0.1, 0.15) is 11.9 Å². The van der Waals surface area contributed by atoms with Crippen molar-refractivity contribution in [3.63, 3.8) is 0 Å². The first-order valence-electron chi connectivity index (χ1n) is 8.29. The van der Waals surface area contributed by atoms with E-state index in [0.717, 1.165) is 17.0 Å². The molecule has 2 aromatic heterocycles. The second kappa shape index (κ2) is 6.49. The molecular formula is C18H17ClN6O. The van der Waals surface area contributed by atoms with Crippen LogP contribution in [-0.2, 0) is 17.9 Å². The third kappa shape index (κ3) is 2.84. The third-order valence-corrected chi connectivity index (χ3v) is 4.88. The number of aryl methyl sites for hydroxylation is 1. The van der Waals surface area contributed by atoms with Crippen molar-refractivity contribution in [3.8, 4) is 11.4 Å². The van der Waals surface area contributed by atoms with Crippen molar-refractivity contribution in [1.82, 2.24) is 29.6 Å². The Kier molecular flexibility index (Phi) is 4.16. The maximum atomic E-state index is 12.9. The van der Waals surface area contributed by atoms with Gasteiger partial charge in [0.15, 0.2) is 11.6 Å². The van der Waals surface area contributed by atoms with E-state index in [-0.39, 0.29) is 5.91 Å². The zero-order valence-electron chi connectivity index (χ0n) is 14.4. The van der Waals surface area contributed by atoms with E-state index in [1.165, 1.54) is 0 Å². The number of rotatable bonds is 3. The number of halogens is 1. The van der Waals surface area contributed by atoms with Crippen molar-refractivity contribution < 1.29 is 4.79 Å². The summed E-state index contributed by atoms with van der Waals surface area (Å²) in [5.41, 5.74) is 1.66. The van der Waals surface area contributed by atoms with Gasteiger partial charge >= 0.3 is 0 Å². The van der Waals surface area contributed by atoms with Crippen LogP contribution in [0.25, 0.3) is 11.4 Å². The monoisotopic (exact) mass is 368 g/mol. The highest BCUT2D eigenvalue weighted by Crippen LogP contribution is 2.29. The van der Waals surface area contributed by atoms with Crippen molar-refractivity contribution in [3.05, 3.63) is 58.9 Å². The van der Waals surface area contributed by atoms with E-state index in [1.807, 2.05) is 42.7 Å². The highest BCUT2D eigenvalue weighted by atomic mass is 35.5. The van der Waals surface area contributed by atoms with Crippen molar-refractivity contribution >= 4 is 17.5 Å². The second-order valence-corrected chi connectivity index (χ2v) is 6.70. The summed E-state index contributed by atoms with van der Waals surface area (Å²) in [6, 6.07) is 7.13. The minimum absolute atomic E-state index is 0.00602. The molecule has 3 aromatic rings. The molecule has 0 aliphatic carbocycles. The molecule has 26 heavy (non-hydrogen) atoms. The molecule has 1 amide bonds. The fourth-order valence-electron chi connectivity index (χ4n) is 3.13. The molecule has 8 heteroatoms. The molecule has 0 unspecified atom stereocenters. The molecule has 0 spiro atoms. The molecule has 1 aliphatic rings. The standard InChI is InChI=1S/C18H17ClN6O/c1-11-18(26)24(9-13-5-3-4-6-15(13)19)10-16-22-23-17(25(11)16)14-7-20-12(2)21-8-14/h3-8,11H,9-10H2,1-2H3/t11-/m0/s1. The lowest BCUT2D eigenvalue weighted by Crippen LogP contribution is -2.41. The number of nitrogens with zero attached hydrogens (tertiary/aromatic N) is 6. The molecule has 3 heterocycles. The van der Waals surface area contributed by atoms with Gasteiger partial charge in [-0.2, -0.15) is 0 Å².